The Morgan fingerprint density at radius 3 is 2.89 bits per heavy atom. The zero-order chi connectivity index (χ0) is 14.0. The fraction of sp³-hybridized carbons (Fsp3) is 0.538. The quantitative estimate of drug-likeness (QED) is 0.917. The van der Waals surface area contributed by atoms with Gasteiger partial charge < -0.3 is 14.8 Å². The van der Waals surface area contributed by atoms with Crippen LogP contribution < -0.4 is 5.32 Å². The van der Waals surface area contributed by atoms with Gasteiger partial charge in [0.15, 0.2) is 0 Å². The van der Waals surface area contributed by atoms with E-state index in [4.69, 9.17) is 0 Å². The monoisotopic (exact) mass is 327 g/mol. The number of nitrogens with zero attached hydrogens (tertiary/aromatic N) is 2. The summed E-state index contributed by atoms with van der Waals surface area (Å²) < 4.78 is 2.78. The molecule has 1 atom stereocenters. The van der Waals surface area contributed by atoms with E-state index >= 15 is 0 Å². The molecular weight excluding hydrogens is 310 g/mol. The first-order chi connectivity index (χ1) is 9.08. The Morgan fingerprint density at radius 1 is 1.53 bits per heavy atom. The average molecular weight is 328 g/mol. The molecule has 0 spiro atoms. The first-order valence-corrected chi connectivity index (χ1v) is 7.32. The maximum absolute atomic E-state index is 12.6. The molecule has 0 bridgehead atoms. The number of hydrogen-bond acceptors (Lipinski definition) is 2. The molecular formula is C13H18BrN3O2. The molecule has 1 aliphatic heterocycles. The Bertz CT molecular complexity index is 498. The van der Waals surface area contributed by atoms with E-state index in [0.29, 0.717) is 25.2 Å². The van der Waals surface area contributed by atoms with Gasteiger partial charge in [-0.2, -0.15) is 0 Å². The van der Waals surface area contributed by atoms with Crippen LogP contribution in [0.5, 0.6) is 0 Å². The van der Waals surface area contributed by atoms with E-state index in [1.165, 1.54) is 0 Å². The number of nitrogens with one attached hydrogen (secondary N) is 1. The minimum atomic E-state index is -0.361. The highest BCUT2D eigenvalue weighted by atomic mass is 79.9. The van der Waals surface area contributed by atoms with Crippen LogP contribution in [0.2, 0.25) is 0 Å². The SMILES string of the molecule is CCC1C(=O)NCCN1C(=O)c1cc(Br)cn1CC. The van der Waals surface area contributed by atoms with Crippen molar-refractivity contribution in [3.8, 4) is 0 Å². The Kier molecular flexibility index (Phi) is 4.29. The van der Waals surface area contributed by atoms with Crippen LogP contribution in [0.15, 0.2) is 16.7 Å². The predicted octanol–water partition coefficient (Wildman–Crippen LogP) is 1.62. The molecule has 6 heteroatoms. The van der Waals surface area contributed by atoms with Gasteiger partial charge in [-0.25, -0.2) is 0 Å². The van der Waals surface area contributed by atoms with E-state index in [9.17, 15) is 9.59 Å². The number of aromatic nitrogens is 1. The molecule has 0 saturated carbocycles. The summed E-state index contributed by atoms with van der Waals surface area (Å²) in [5.74, 6) is -0.134. The maximum Gasteiger partial charge on any atom is 0.271 e. The van der Waals surface area contributed by atoms with Crippen molar-refractivity contribution in [2.24, 2.45) is 0 Å². The minimum absolute atomic E-state index is 0.0595. The number of piperazine rings is 1. The van der Waals surface area contributed by atoms with Crippen LogP contribution in [-0.2, 0) is 11.3 Å². The molecule has 0 aliphatic carbocycles. The standard InChI is InChI=1S/C13H18BrN3O2/c1-3-10-12(18)15-5-6-17(10)13(19)11-7-9(14)8-16(11)4-2/h7-8,10H,3-6H2,1-2H3,(H,15,18). The highest BCUT2D eigenvalue weighted by Gasteiger charge is 2.33. The molecule has 2 rings (SSSR count). The van der Waals surface area contributed by atoms with Crippen LogP contribution in [0, 0.1) is 0 Å². The van der Waals surface area contributed by atoms with E-state index < -0.39 is 0 Å². The first kappa shape index (κ1) is 14.1. The fourth-order valence-corrected chi connectivity index (χ4v) is 2.89. The Labute approximate surface area is 121 Å². The molecule has 1 N–H and O–H groups in total. The largest absolute Gasteiger partial charge is 0.353 e. The van der Waals surface area contributed by atoms with Crippen molar-refractivity contribution in [2.45, 2.75) is 32.9 Å². The molecule has 19 heavy (non-hydrogen) atoms. The van der Waals surface area contributed by atoms with Gasteiger partial charge in [-0.1, -0.05) is 6.92 Å². The Morgan fingerprint density at radius 2 is 2.26 bits per heavy atom. The van der Waals surface area contributed by atoms with Crippen LogP contribution in [-0.4, -0.2) is 40.4 Å². The van der Waals surface area contributed by atoms with Gasteiger partial charge in [0.25, 0.3) is 5.91 Å². The lowest BCUT2D eigenvalue weighted by Crippen LogP contribution is -2.57. The number of halogens is 1. The van der Waals surface area contributed by atoms with Gasteiger partial charge in [-0.3, -0.25) is 9.59 Å². The summed E-state index contributed by atoms with van der Waals surface area (Å²) in [6.07, 6.45) is 2.52. The summed E-state index contributed by atoms with van der Waals surface area (Å²) in [7, 11) is 0. The number of hydrogen-bond donors (Lipinski definition) is 1. The van der Waals surface area contributed by atoms with Crippen molar-refractivity contribution in [3.05, 3.63) is 22.4 Å². The van der Waals surface area contributed by atoms with Crippen molar-refractivity contribution in [1.82, 2.24) is 14.8 Å². The third-order valence-corrected chi connectivity index (χ3v) is 3.84. The second-order valence-corrected chi connectivity index (χ2v) is 5.46. The lowest BCUT2D eigenvalue weighted by molar-refractivity contribution is -0.127. The zero-order valence-electron chi connectivity index (χ0n) is 11.1. The molecule has 1 saturated heterocycles. The van der Waals surface area contributed by atoms with Crippen molar-refractivity contribution in [1.29, 1.82) is 0 Å². The maximum atomic E-state index is 12.6. The molecule has 1 aromatic rings. The zero-order valence-corrected chi connectivity index (χ0v) is 12.7. The van der Waals surface area contributed by atoms with Gasteiger partial charge in [0.2, 0.25) is 5.91 Å². The predicted molar refractivity (Wildman–Crippen MR) is 75.9 cm³/mol. The van der Waals surface area contributed by atoms with Gasteiger partial charge >= 0.3 is 0 Å². The van der Waals surface area contributed by atoms with E-state index in [2.05, 4.69) is 21.2 Å². The minimum Gasteiger partial charge on any atom is -0.353 e. The van der Waals surface area contributed by atoms with Crippen molar-refractivity contribution < 1.29 is 9.59 Å². The summed E-state index contributed by atoms with van der Waals surface area (Å²) in [5.41, 5.74) is 0.627. The van der Waals surface area contributed by atoms with Gasteiger partial charge in [0, 0.05) is 30.3 Å². The number of aryl methyl sites for hydroxylation is 1. The number of amides is 2. The highest BCUT2D eigenvalue weighted by Crippen LogP contribution is 2.19. The van der Waals surface area contributed by atoms with Crippen molar-refractivity contribution in [3.63, 3.8) is 0 Å². The van der Waals surface area contributed by atoms with E-state index in [1.54, 1.807) is 4.90 Å². The summed E-state index contributed by atoms with van der Waals surface area (Å²) in [4.78, 5) is 26.1. The second-order valence-electron chi connectivity index (χ2n) is 4.54. The van der Waals surface area contributed by atoms with Crippen LogP contribution in [0.1, 0.15) is 30.8 Å². The van der Waals surface area contributed by atoms with Gasteiger partial charge in [-0.15, -0.1) is 0 Å². The van der Waals surface area contributed by atoms with Gasteiger partial charge in [0.05, 0.1) is 0 Å². The third-order valence-electron chi connectivity index (χ3n) is 3.40. The molecule has 1 unspecified atom stereocenters. The molecule has 104 valence electrons. The molecule has 1 aromatic heterocycles. The first-order valence-electron chi connectivity index (χ1n) is 6.52. The van der Waals surface area contributed by atoms with Crippen LogP contribution in [0.3, 0.4) is 0 Å². The lowest BCUT2D eigenvalue weighted by atomic mass is 10.1. The van der Waals surface area contributed by atoms with E-state index in [0.717, 1.165) is 11.0 Å². The smallest absolute Gasteiger partial charge is 0.271 e. The molecule has 5 nitrogen and oxygen atoms in total. The Hall–Kier alpha value is -1.30. The van der Waals surface area contributed by atoms with Crippen molar-refractivity contribution in [2.75, 3.05) is 13.1 Å². The number of rotatable bonds is 3. The van der Waals surface area contributed by atoms with E-state index in [1.807, 2.05) is 30.7 Å². The molecule has 2 amide bonds. The molecule has 0 aromatic carbocycles. The second kappa shape index (κ2) is 5.77. The van der Waals surface area contributed by atoms with Crippen LogP contribution in [0.4, 0.5) is 0 Å². The molecule has 1 fully saturated rings. The van der Waals surface area contributed by atoms with Gasteiger partial charge in [0.1, 0.15) is 11.7 Å². The summed E-state index contributed by atoms with van der Waals surface area (Å²) in [5, 5.41) is 2.80. The fourth-order valence-electron chi connectivity index (χ4n) is 2.43. The summed E-state index contributed by atoms with van der Waals surface area (Å²) in [6.45, 7) is 5.72. The Balaban J connectivity index is 2.29. The average Bonchev–Trinajstić information content (AvgIpc) is 2.78. The third kappa shape index (κ3) is 2.68. The number of carbonyl (C=O) groups excluding carboxylic acids is 2. The van der Waals surface area contributed by atoms with Crippen LogP contribution >= 0.6 is 15.9 Å². The summed E-state index contributed by atoms with van der Waals surface area (Å²) >= 11 is 3.39. The normalized spacial score (nSPS) is 19.4. The molecule has 0 radical (unpaired) electrons. The lowest BCUT2D eigenvalue weighted by Gasteiger charge is -2.34. The molecule has 1 aliphatic rings. The topological polar surface area (TPSA) is 54.3 Å². The summed E-state index contributed by atoms with van der Waals surface area (Å²) in [6, 6.07) is 1.45. The van der Waals surface area contributed by atoms with Crippen LogP contribution in [0.25, 0.3) is 0 Å². The number of carbonyl (C=O) groups is 2. The molecule has 2 heterocycles. The van der Waals surface area contributed by atoms with Crippen molar-refractivity contribution >= 4 is 27.7 Å². The highest BCUT2D eigenvalue weighted by molar-refractivity contribution is 9.10. The van der Waals surface area contributed by atoms with Gasteiger partial charge in [-0.05, 0) is 35.3 Å². The van der Waals surface area contributed by atoms with E-state index in [-0.39, 0.29) is 17.9 Å².